The lowest BCUT2D eigenvalue weighted by Crippen LogP contribution is -2.51. The predicted octanol–water partition coefficient (Wildman–Crippen LogP) is 5.63. The Kier molecular flexibility index (Phi) is 7.01. The highest BCUT2D eigenvalue weighted by atomic mass is 19.1. The molecule has 11 nitrogen and oxygen atoms in total. The van der Waals surface area contributed by atoms with Crippen LogP contribution in [-0.2, 0) is 9.53 Å². The van der Waals surface area contributed by atoms with Crippen molar-refractivity contribution >= 4 is 23.3 Å². The van der Waals surface area contributed by atoms with E-state index >= 15 is 0 Å². The number of hydrogen-bond donors (Lipinski definition) is 1. The van der Waals surface area contributed by atoms with E-state index in [0.717, 1.165) is 11.1 Å². The number of benzene rings is 2. The van der Waals surface area contributed by atoms with Gasteiger partial charge in [-0.2, -0.15) is 4.98 Å². The molecule has 2 aromatic carbocycles. The fraction of sp³-hybridized carbons (Fsp3) is 0.321. The number of carbonyl (C=O) groups excluding carboxylic acids is 1. The van der Waals surface area contributed by atoms with Crippen molar-refractivity contribution in [3.8, 4) is 29.0 Å². The summed E-state index contributed by atoms with van der Waals surface area (Å²) in [5.74, 6) is -0.138. The van der Waals surface area contributed by atoms with Crippen LogP contribution in [0.4, 0.5) is 9.18 Å². The molecule has 1 saturated heterocycles. The number of likely N-dealkylation sites (tertiary alicyclic amines) is 1. The number of aromatic nitrogens is 3. The van der Waals surface area contributed by atoms with Crippen LogP contribution in [0.3, 0.4) is 0 Å². The number of para-hydroxylation sites is 1. The summed E-state index contributed by atoms with van der Waals surface area (Å²) in [7, 11) is 0. The average molecular weight is 551 g/mol. The number of fused-ring (bicyclic) bond motifs is 1. The van der Waals surface area contributed by atoms with Crippen LogP contribution in [-0.4, -0.2) is 55.4 Å². The van der Waals surface area contributed by atoms with Crippen LogP contribution >= 0.6 is 0 Å². The van der Waals surface area contributed by atoms with Crippen molar-refractivity contribution < 1.29 is 37.7 Å². The van der Waals surface area contributed by atoms with Gasteiger partial charge in [0.05, 0.1) is 6.20 Å². The van der Waals surface area contributed by atoms with Gasteiger partial charge >= 0.3 is 12.2 Å². The Balaban J connectivity index is 1.36. The van der Waals surface area contributed by atoms with E-state index in [0.29, 0.717) is 36.2 Å². The molecule has 208 valence electrons. The fourth-order valence-electron chi connectivity index (χ4n) is 4.61. The Hall–Kier alpha value is -4.74. The number of halogens is 1. The van der Waals surface area contributed by atoms with Crippen molar-refractivity contribution in [2.24, 2.45) is 0 Å². The zero-order valence-corrected chi connectivity index (χ0v) is 22.3. The SMILES string of the molecule is Cc1cc(-c2nc3cnc(Oc4ccccc4F)nc3o2)cc(C)c1OC(C)(C)C(=O)N1CCC[C@@H]1OC(=O)O. The maximum atomic E-state index is 13.9. The van der Waals surface area contributed by atoms with Gasteiger partial charge in [-0.05, 0) is 69.5 Å². The maximum absolute atomic E-state index is 13.9. The number of amides is 1. The van der Waals surface area contributed by atoms with E-state index in [4.69, 9.17) is 23.7 Å². The van der Waals surface area contributed by atoms with Crippen LogP contribution < -0.4 is 9.47 Å². The molecule has 1 aliphatic rings. The van der Waals surface area contributed by atoms with Crippen LogP contribution in [0.15, 0.2) is 47.0 Å². The number of nitrogens with zero attached hydrogens (tertiary/aromatic N) is 4. The lowest BCUT2D eigenvalue weighted by molar-refractivity contribution is -0.153. The summed E-state index contributed by atoms with van der Waals surface area (Å²) in [6.45, 7) is 7.33. The van der Waals surface area contributed by atoms with Gasteiger partial charge in [-0.15, -0.1) is 0 Å². The van der Waals surface area contributed by atoms with Crippen molar-refractivity contribution in [1.82, 2.24) is 19.9 Å². The minimum atomic E-state index is -1.43. The largest absolute Gasteiger partial charge is 0.507 e. The van der Waals surface area contributed by atoms with Crippen molar-refractivity contribution in [1.29, 1.82) is 0 Å². The van der Waals surface area contributed by atoms with Gasteiger partial charge in [0.15, 0.2) is 23.4 Å². The first-order valence-corrected chi connectivity index (χ1v) is 12.6. The quantitative estimate of drug-likeness (QED) is 0.288. The summed E-state index contributed by atoms with van der Waals surface area (Å²) < 4.78 is 36.3. The first-order valence-electron chi connectivity index (χ1n) is 12.6. The lowest BCUT2D eigenvalue weighted by Gasteiger charge is -2.33. The van der Waals surface area contributed by atoms with Gasteiger partial charge in [0, 0.05) is 18.5 Å². The van der Waals surface area contributed by atoms with Gasteiger partial charge in [-0.25, -0.2) is 19.2 Å². The molecule has 1 amide bonds. The standard InChI is InChI=1S/C28H27FN4O7/c1-15-12-17(23-31-19-14-30-26(32-24(19)39-23)37-20-9-6-5-8-18(20)29)13-16(2)22(15)40-28(3,4)25(34)33-11-7-10-21(33)38-27(35)36/h5-6,8-9,12-14,21H,7,10-11H2,1-4H3,(H,35,36)/t21-/m0/s1. The average Bonchev–Trinajstić information content (AvgIpc) is 3.53. The van der Waals surface area contributed by atoms with Gasteiger partial charge in [-0.1, -0.05) is 12.1 Å². The predicted molar refractivity (Wildman–Crippen MR) is 140 cm³/mol. The van der Waals surface area contributed by atoms with E-state index < -0.39 is 23.8 Å². The third kappa shape index (κ3) is 5.37. The van der Waals surface area contributed by atoms with E-state index in [-0.39, 0.29) is 29.3 Å². The van der Waals surface area contributed by atoms with E-state index in [1.54, 1.807) is 26.0 Å². The van der Waals surface area contributed by atoms with Crippen molar-refractivity contribution in [2.45, 2.75) is 52.4 Å². The number of carboxylic acid groups (broad SMARTS) is 1. The molecule has 2 aromatic heterocycles. The molecule has 0 bridgehead atoms. The summed E-state index contributed by atoms with van der Waals surface area (Å²) in [6.07, 6.45) is 0.239. The Morgan fingerprint density at radius 3 is 2.58 bits per heavy atom. The highest BCUT2D eigenvalue weighted by Crippen LogP contribution is 2.35. The summed E-state index contributed by atoms with van der Waals surface area (Å²) in [6, 6.07) is 9.45. The molecule has 12 heteroatoms. The van der Waals surface area contributed by atoms with Crippen LogP contribution in [0.5, 0.6) is 17.5 Å². The Bertz CT molecular complexity index is 1580. The van der Waals surface area contributed by atoms with Crippen molar-refractivity contribution in [3.05, 3.63) is 59.5 Å². The van der Waals surface area contributed by atoms with Crippen LogP contribution in [0.2, 0.25) is 0 Å². The smallest absolute Gasteiger partial charge is 0.477 e. The van der Waals surface area contributed by atoms with Crippen LogP contribution in [0.1, 0.15) is 37.8 Å². The molecule has 0 spiro atoms. The maximum Gasteiger partial charge on any atom is 0.507 e. The van der Waals surface area contributed by atoms with Gasteiger partial charge in [-0.3, -0.25) is 4.79 Å². The van der Waals surface area contributed by atoms with Crippen LogP contribution in [0, 0.1) is 19.7 Å². The monoisotopic (exact) mass is 550 g/mol. The molecule has 1 aliphatic heterocycles. The second kappa shape index (κ2) is 10.4. The molecular weight excluding hydrogens is 523 g/mol. The summed E-state index contributed by atoms with van der Waals surface area (Å²) in [5, 5.41) is 9.00. The normalized spacial score (nSPS) is 15.3. The second-order valence-corrected chi connectivity index (χ2v) is 9.93. The molecule has 1 fully saturated rings. The highest BCUT2D eigenvalue weighted by molar-refractivity contribution is 5.85. The number of oxazole rings is 1. The summed E-state index contributed by atoms with van der Waals surface area (Å²) >= 11 is 0. The third-order valence-corrected chi connectivity index (χ3v) is 6.44. The van der Waals surface area contributed by atoms with E-state index in [9.17, 15) is 14.0 Å². The van der Waals surface area contributed by atoms with Crippen molar-refractivity contribution in [3.63, 3.8) is 0 Å². The molecule has 1 atom stereocenters. The molecule has 4 aromatic rings. The van der Waals surface area contributed by atoms with Gasteiger partial charge < -0.3 is 28.6 Å². The van der Waals surface area contributed by atoms with Crippen LogP contribution in [0.25, 0.3) is 22.7 Å². The first-order chi connectivity index (χ1) is 19.0. The minimum absolute atomic E-state index is 0.0144. The highest BCUT2D eigenvalue weighted by Gasteiger charge is 2.41. The minimum Gasteiger partial charge on any atom is -0.477 e. The number of hydrogen-bond acceptors (Lipinski definition) is 9. The first kappa shape index (κ1) is 26.9. The Morgan fingerprint density at radius 2 is 1.88 bits per heavy atom. The van der Waals surface area contributed by atoms with Gasteiger partial charge in [0.2, 0.25) is 5.89 Å². The van der Waals surface area contributed by atoms with E-state index in [2.05, 4.69) is 15.0 Å². The zero-order valence-electron chi connectivity index (χ0n) is 22.3. The zero-order chi connectivity index (χ0) is 28.6. The Labute approximate surface area is 228 Å². The molecule has 3 heterocycles. The van der Waals surface area contributed by atoms with E-state index in [1.165, 1.54) is 23.2 Å². The summed E-state index contributed by atoms with van der Waals surface area (Å²) in [4.78, 5) is 38.5. The molecule has 40 heavy (non-hydrogen) atoms. The molecular formula is C28H27FN4O7. The lowest BCUT2D eigenvalue weighted by atomic mass is 10.0. The van der Waals surface area contributed by atoms with E-state index in [1.807, 2.05) is 26.0 Å². The third-order valence-electron chi connectivity index (χ3n) is 6.44. The number of aryl methyl sites for hydroxylation is 2. The fourth-order valence-corrected chi connectivity index (χ4v) is 4.61. The summed E-state index contributed by atoms with van der Waals surface area (Å²) in [5.41, 5.74) is 1.38. The van der Waals surface area contributed by atoms with Gasteiger partial charge in [0.25, 0.3) is 11.6 Å². The number of rotatable bonds is 7. The molecule has 0 unspecified atom stereocenters. The molecule has 0 saturated carbocycles. The molecule has 5 rings (SSSR count). The second-order valence-electron chi connectivity index (χ2n) is 9.93. The molecule has 0 radical (unpaired) electrons. The Morgan fingerprint density at radius 1 is 1.15 bits per heavy atom. The molecule has 1 N–H and O–H groups in total. The molecule has 0 aliphatic carbocycles. The number of ether oxygens (including phenoxy) is 3. The van der Waals surface area contributed by atoms with Crippen molar-refractivity contribution in [2.75, 3.05) is 6.54 Å². The number of carbonyl (C=O) groups is 2. The topological polar surface area (TPSA) is 137 Å². The van der Waals surface area contributed by atoms with Gasteiger partial charge in [0.1, 0.15) is 11.3 Å².